The van der Waals surface area contributed by atoms with Crippen molar-refractivity contribution >= 4 is 11.8 Å². The van der Waals surface area contributed by atoms with Gasteiger partial charge in [-0.15, -0.1) is 0 Å². The van der Waals surface area contributed by atoms with E-state index in [0.717, 1.165) is 38.5 Å². The topological polar surface area (TPSA) is 74.1 Å². The molecular formula is C12H15N5O. The van der Waals surface area contributed by atoms with Crippen LogP contribution in [0.2, 0.25) is 0 Å². The van der Waals surface area contributed by atoms with E-state index in [4.69, 9.17) is 10.00 Å². The van der Waals surface area contributed by atoms with E-state index in [1.165, 1.54) is 0 Å². The standard InChI is InChI=1S/C12H15N5O/c1-14-11-15-5-9(4-13)10(16-11)17-3-2-12(6-17)7-18-8-12/h5H,2-3,6-8H2,1H3,(H,14,15,16). The van der Waals surface area contributed by atoms with Crippen molar-refractivity contribution in [2.75, 3.05) is 43.6 Å². The normalized spacial score (nSPS) is 20.6. The van der Waals surface area contributed by atoms with Crippen molar-refractivity contribution in [3.05, 3.63) is 11.8 Å². The molecule has 2 fully saturated rings. The Morgan fingerprint density at radius 3 is 2.94 bits per heavy atom. The minimum Gasteiger partial charge on any atom is -0.380 e. The Kier molecular flexibility index (Phi) is 2.56. The number of rotatable bonds is 2. The molecule has 3 rings (SSSR count). The maximum Gasteiger partial charge on any atom is 0.224 e. The lowest BCUT2D eigenvalue weighted by atomic mass is 9.85. The van der Waals surface area contributed by atoms with Crippen LogP contribution < -0.4 is 10.2 Å². The first-order valence-corrected chi connectivity index (χ1v) is 6.04. The Morgan fingerprint density at radius 1 is 1.56 bits per heavy atom. The van der Waals surface area contributed by atoms with E-state index in [0.29, 0.717) is 11.5 Å². The van der Waals surface area contributed by atoms with Crippen molar-refractivity contribution in [2.45, 2.75) is 6.42 Å². The van der Waals surface area contributed by atoms with Crippen LogP contribution in [0.1, 0.15) is 12.0 Å². The van der Waals surface area contributed by atoms with Gasteiger partial charge >= 0.3 is 0 Å². The summed E-state index contributed by atoms with van der Waals surface area (Å²) >= 11 is 0. The molecule has 0 unspecified atom stereocenters. The molecule has 0 saturated carbocycles. The van der Waals surface area contributed by atoms with Crippen LogP contribution in [-0.4, -0.2) is 43.3 Å². The van der Waals surface area contributed by atoms with Crippen LogP contribution in [0.3, 0.4) is 0 Å². The minimum absolute atomic E-state index is 0.289. The van der Waals surface area contributed by atoms with Gasteiger partial charge in [0.2, 0.25) is 5.95 Å². The number of ether oxygens (including phenoxy) is 1. The third-order valence-corrected chi connectivity index (χ3v) is 3.67. The fourth-order valence-corrected chi connectivity index (χ4v) is 2.56. The van der Waals surface area contributed by atoms with E-state index in [-0.39, 0.29) is 5.41 Å². The van der Waals surface area contributed by atoms with Crippen LogP contribution in [0, 0.1) is 16.7 Å². The summed E-state index contributed by atoms with van der Waals surface area (Å²) in [7, 11) is 1.77. The largest absolute Gasteiger partial charge is 0.380 e. The SMILES string of the molecule is CNc1ncc(C#N)c(N2CCC3(COC3)C2)n1. The van der Waals surface area contributed by atoms with Gasteiger partial charge in [0.1, 0.15) is 11.6 Å². The second kappa shape index (κ2) is 4.10. The summed E-state index contributed by atoms with van der Waals surface area (Å²) in [5.74, 6) is 1.29. The van der Waals surface area contributed by atoms with Crippen LogP contribution in [0.5, 0.6) is 0 Å². The molecule has 2 aliphatic rings. The lowest BCUT2D eigenvalue weighted by Gasteiger charge is -2.37. The average Bonchev–Trinajstić information content (AvgIpc) is 2.83. The van der Waals surface area contributed by atoms with Crippen LogP contribution >= 0.6 is 0 Å². The Labute approximate surface area is 106 Å². The third-order valence-electron chi connectivity index (χ3n) is 3.67. The van der Waals surface area contributed by atoms with Crippen molar-refractivity contribution in [2.24, 2.45) is 5.41 Å². The summed E-state index contributed by atoms with van der Waals surface area (Å²) in [5.41, 5.74) is 0.823. The molecule has 0 aromatic carbocycles. The van der Waals surface area contributed by atoms with Crippen molar-refractivity contribution < 1.29 is 4.74 Å². The summed E-state index contributed by atoms with van der Waals surface area (Å²) in [4.78, 5) is 10.7. The van der Waals surface area contributed by atoms with Gasteiger partial charge < -0.3 is 15.0 Å². The summed E-state index contributed by atoms with van der Waals surface area (Å²) in [5, 5.41) is 12.0. The molecule has 94 valence electrons. The number of aromatic nitrogens is 2. The first-order chi connectivity index (χ1) is 8.76. The molecular weight excluding hydrogens is 230 g/mol. The van der Waals surface area contributed by atoms with E-state index in [1.54, 1.807) is 13.2 Å². The van der Waals surface area contributed by atoms with Gasteiger partial charge in [-0.05, 0) is 6.42 Å². The molecule has 0 amide bonds. The second-order valence-electron chi connectivity index (χ2n) is 4.96. The van der Waals surface area contributed by atoms with Gasteiger partial charge in [-0.3, -0.25) is 0 Å². The van der Waals surface area contributed by atoms with E-state index in [9.17, 15) is 0 Å². The highest BCUT2D eigenvalue weighted by Crippen LogP contribution is 2.39. The van der Waals surface area contributed by atoms with Crippen molar-refractivity contribution in [1.82, 2.24) is 9.97 Å². The van der Waals surface area contributed by atoms with Gasteiger partial charge in [-0.25, -0.2) is 4.98 Å². The lowest BCUT2D eigenvalue weighted by molar-refractivity contribution is -0.0985. The molecule has 3 heterocycles. The van der Waals surface area contributed by atoms with Crippen molar-refractivity contribution in [1.29, 1.82) is 5.26 Å². The van der Waals surface area contributed by atoms with E-state index >= 15 is 0 Å². The van der Waals surface area contributed by atoms with Crippen LogP contribution in [0.4, 0.5) is 11.8 Å². The van der Waals surface area contributed by atoms with Crippen LogP contribution in [0.25, 0.3) is 0 Å². The summed E-state index contributed by atoms with van der Waals surface area (Å²) in [6.07, 6.45) is 2.69. The number of hydrogen-bond donors (Lipinski definition) is 1. The number of hydrogen-bond acceptors (Lipinski definition) is 6. The van der Waals surface area contributed by atoms with Crippen molar-refractivity contribution in [3.8, 4) is 6.07 Å². The highest BCUT2D eigenvalue weighted by Gasteiger charge is 2.45. The van der Waals surface area contributed by atoms with Crippen LogP contribution in [0.15, 0.2) is 6.20 Å². The highest BCUT2D eigenvalue weighted by molar-refractivity contribution is 5.56. The smallest absolute Gasteiger partial charge is 0.224 e. The first-order valence-electron chi connectivity index (χ1n) is 6.04. The summed E-state index contributed by atoms with van der Waals surface area (Å²) < 4.78 is 5.31. The van der Waals surface area contributed by atoms with E-state index in [1.807, 2.05) is 0 Å². The number of nitrogens with one attached hydrogen (secondary N) is 1. The fraction of sp³-hybridized carbons (Fsp3) is 0.583. The molecule has 1 aromatic rings. The molecule has 18 heavy (non-hydrogen) atoms. The molecule has 0 bridgehead atoms. The van der Waals surface area contributed by atoms with Gasteiger partial charge in [0.05, 0.1) is 19.4 Å². The quantitative estimate of drug-likeness (QED) is 0.823. The van der Waals surface area contributed by atoms with Gasteiger partial charge in [-0.2, -0.15) is 10.2 Å². The van der Waals surface area contributed by atoms with E-state index in [2.05, 4.69) is 26.3 Å². The molecule has 2 saturated heterocycles. The van der Waals surface area contributed by atoms with Gasteiger partial charge in [-0.1, -0.05) is 0 Å². The summed E-state index contributed by atoms with van der Waals surface area (Å²) in [6, 6.07) is 2.16. The van der Waals surface area contributed by atoms with Gasteiger partial charge in [0.15, 0.2) is 5.82 Å². The van der Waals surface area contributed by atoms with Gasteiger partial charge in [0.25, 0.3) is 0 Å². The number of nitriles is 1. The number of nitrogens with zero attached hydrogens (tertiary/aromatic N) is 4. The lowest BCUT2D eigenvalue weighted by Crippen LogP contribution is -2.44. The zero-order valence-electron chi connectivity index (χ0n) is 10.3. The molecule has 0 radical (unpaired) electrons. The molecule has 1 aromatic heterocycles. The second-order valence-corrected chi connectivity index (χ2v) is 4.96. The van der Waals surface area contributed by atoms with Crippen molar-refractivity contribution in [3.63, 3.8) is 0 Å². The molecule has 1 spiro atoms. The molecule has 6 nitrogen and oxygen atoms in total. The number of anilines is 2. The highest BCUT2D eigenvalue weighted by atomic mass is 16.5. The molecule has 1 N–H and O–H groups in total. The molecule has 2 aliphatic heterocycles. The molecule has 0 atom stereocenters. The minimum atomic E-state index is 0.289. The predicted molar refractivity (Wildman–Crippen MR) is 66.4 cm³/mol. The fourth-order valence-electron chi connectivity index (χ4n) is 2.56. The summed E-state index contributed by atoms with van der Waals surface area (Å²) in [6.45, 7) is 3.50. The molecule has 6 heteroatoms. The maximum atomic E-state index is 9.14. The Bertz CT molecular complexity index is 506. The first kappa shape index (κ1) is 11.2. The maximum absolute atomic E-state index is 9.14. The Balaban J connectivity index is 1.89. The zero-order chi connectivity index (χ0) is 12.6. The van der Waals surface area contributed by atoms with E-state index < -0.39 is 0 Å². The van der Waals surface area contributed by atoms with Crippen LogP contribution in [-0.2, 0) is 4.74 Å². The molecule has 0 aliphatic carbocycles. The third kappa shape index (κ3) is 1.68. The predicted octanol–water partition coefficient (Wildman–Crippen LogP) is 0.617. The Hall–Kier alpha value is -1.87. The zero-order valence-corrected chi connectivity index (χ0v) is 10.3. The monoisotopic (exact) mass is 245 g/mol. The Morgan fingerprint density at radius 2 is 2.39 bits per heavy atom. The average molecular weight is 245 g/mol. The van der Waals surface area contributed by atoms with Gasteiger partial charge in [0, 0.05) is 25.6 Å².